The van der Waals surface area contributed by atoms with E-state index >= 15 is 0 Å². The first-order valence-corrected chi connectivity index (χ1v) is 11.7. The van der Waals surface area contributed by atoms with Gasteiger partial charge in [0, 0.05) is 24.5 Å². The molecule has 3 aromatic rings. The molecule has 3 heterocycles. The molecular formula is C24H28N10O3. The third-order valence-electron chi connectivity index (χ3n) is 6.49. The van der Waals surface area contributed by atoms with Crippen molar-refractivity contribution in [1.82, 2.24) is 24.5 Å². The van der Waals surface area contributed by atoms with E-state index in [0.717, 1.165) is 5.56 Å². The number of amides is 1. The highest BCUT2D eigenvalue weighted by Gasteiger charge is 2.40. The standard InChI is InChI=1S/C24H28N10O3/c1-5-27-20-21-28-12-16(11-26)34(21)32-22(30-20)29-17-8-15(10-25)9-18(14(17)2)31-24(3)6-7-33(13-19(24)35)23(36)37-4/h8-9,12,19,31,35H,5-7,13H2,1-4H3,(H2,27,29,30,32)/t19-,24-/m1/s1. The largest absolute Gasteiger partial charge is 0.453 e. The SMILES string of the molecule is CCNc1nc(Nc2cc(C#N)cc(N[C@]3(C)CCN(C(=O)OC)C[C@H]3O)c2C)nn2c(C#N)cnc12. The molecule has 0 radical (unpaired) electrons. The Morgan fingerprint density at radius 3 is 2.73 bits per heavy atom. The molecule has 0 bridgehead atoms. The number of hydrogen-bond donors (Lipinski definition) is 4. The van der Waals surface area contributed by atoms with Crippen molar-refractivity contribution in [2.45, 2.75) is 38.8 Å². The summed E-state index contributed by atoms with van der Waals surface area (Å²) in [6, 6.07) is 7.62. The summed E-state index contributed by atoms with van der Waals surface area (Å²) in [6.45, 7) is 6.77. The van der Waals surface area contributed by atoms with Gasteiger partial charge in [-0.2, -0.15) is 20.0 Å². The van der Waals surface area contributed by atoms with Crippen LogP contribution in [-0.4, -0.2) is 74.1 Å². The number of fused-ring (bicyclic) bond motifs is 1. The number of β-amino-alcohol motifs (C(OH)–C–C–N with tert-alkyl or cyclic N) is 1. The van der Waals surface area contributed by atoms with Crippen LogP contribution in [0, 0.1) is 29.6 Å². The fourth-order valence-electron chi connectivity index (χ4n) is 4.24. The molecule has 0 aliphatic carbocycles. The summed E-state index contributed by atoms with van der Waals surface area (Å²) in [5.74, 6) is 0.668. The molecule has 0 unspecified atom stereocenters. The van der Waals surface area contributed by atoms with Crippen molar-refractivity contribution < 1.29 is 14.6 Å². The molecule has 2 atom stereocenters. The summed E-state index contributed by atoms with van der Waals surface area (Å²) < 4.78 is 6.18. The molecule has 1 amide bonds. The van der Waals surface area contributed by atoms with Crippen molar-refractivity contribution in [3.8, 4) is 12.1 Å². The number of likely N-dealkylation sites (tertiary alicyclic amines) is 1. The van der Waals surface area contributed by atoms with Crippen LogP contribution < -0.4 is 16.0 Å². The van der Waals surface area contributed by atoms with E-state index in [0.29, 0.717) is 47.9 Å². The van der Waals surface area contributed by atoms with Crippen LogP contribution in [0.3, 0.4) is 0 Å². The van der Waals surface area contributed by atoms with Crippen LogP contribution in [-0.2, 0) is 4.74 Å². The lowest BCUT2D eigenvalue weighted by atomic mass is 9.86. The van der Waals surface area contributed by atoms with Gasteiger partial charge in [0.1, 0.15) is 6.07 Å². The Kier molecular flexibility index (Phi) is 7.00. The number of carbonyl (C=O) groups excluding carboxylic acids is 1. The number of carbonyl (C=O) groups is 1. The first-order chi connectivity index (χ1) is 17.7. The van der Waals surface area contributed by atoms with Gasteiger partial charge < -0.3 is 30.7 Å². The number of anilines is 4. The first kappa shape index (κ1) is 25.5. The fraction of sp³-hybridized carbons (Fsp3) is 0.417. The van der Waals surface area contributed by atoms with Crippen LogP contribution in [0.25, 0.3) is 5.65 Å². The van der Waals surface area contributed by atoms with Gasteiger partial charge in [-0.25, -0.2) is 9.78 Å². The number of piperidine rings is 1. The Hall–Kier alpha value is -4.62. The average Bonchev–Trinajstić information content (AvgIpc) is 3.31. The van der Waals surface area contributed by atoms with Gasteiger partial charge in [0.15, 0.2) is 17.2 Å². The van der Waals surface area contributed by atoms with E-state index in [1.165, 1.54) is 22.7 Å². The van der Waals surface area contributed by atoms with Gasteiger partial charge in [-0.15, -0.1) is 5.10 Å². The lowest BCUT2D eigenvalue weighted by molar-refractivity contribution is 0.0198. The number of aromatic nitrogens is 4. The minimum atomic E-state index is -0.874. The monoisotopic (exact) mass is 504 g/mol. The van der Waals surface area contributed by atoms with Crippen molar-refractivity contribution in [2.24, 2.45) is 0 Å². The molecule has 192 valence electrons. The number of methoxy groups -OCH3 is 1. The molecule has 1 aliphatic heterocycles. The van der Waals surface area contributed by atoms with Gasteiger partial charge in [0.05, 0.1) is 43.1 Å². The number of rotatable bonds is 6. The van der Waals surface area contributed by atoms with Crippen molar-refractivity contribution in [2.75, 3.05) is 42.7 Å². The van der Waals surface area contributed by atoms with Gasteiger partial charge in [-0.1, -0.05) is 0 Å². The highest BCUT2D eigenvalue weighted by molar-refractivity contribution is 5.73. The fourth-order valence-corrected chi connectivity index (χ4v) is 4.24. The number of nitrogens with one attached hydrogen (secondary N) is 3. The zero-order valence-corrected chi connectivity index (χ0v) is 21.0. The van der Waals surface area contributed by atoms with Crippen molar-refractivity contribution in [3.05, 3.63) is 35.2 Å². The molecule has 13 heteroatoms. The number of ether oxygens (including phenoxy) is 1. The van der Waals surface area contributed by atoms with Crippen LogP contribution in [0.5, 0.6) is 0 Å². The van der Waals surface area contributed by atoms with E-state index in [1.54, 1.807) is 12.1 Å². The topological polar surface area (TPSA) is 177 Å². The van der Waals surface area contributed by atoms with Gasteiger partial charge in [-0.05, 0) is 44.9 Å². The van der Waals surface area contributed by atoms with Crippen LogP contribution in [0.2, 0.25) is 0 Å². The lowest BCUT2D eigenvalue weighted by Crippen LogP contribution is -2.59. The maximum Gasteiger partial charge on any atom is 0.409 e. The molecule has 0 saturated carbocycles. The number of imidazole rings is 1. The second kappa shape index (κ2) is 10.2. The normalized spacial score (nSPS) is 19.1. The minimum absolute atomic E-state index is 0.117. The number of nitriles is 2. The molecule has 1 fully saturated rings. The predicted molar refractivity (Wildman–Crippen MR) is 135 cm³/mol. The molecule has 0 spiro atoms. The summed E-state index contributed by atoms with van der Waals surface area (Å²) in [5, 5.41) is 44.1. The predicted octanol–water partition coefficient (Wildman–Crippen LogP) is 2.36. The number of aliphatic hydroxyl groups excluding tert-OH is 1. The Morgan fingerprint density at radius 1 is 1.32 bits per heavy atom. The highest BCUT2D eigenvalue weighted by atomic mass is 16.5. The summed E-state index contributed by atoms with van der Waals surface area (Å²) in [7, 11) is 1.31. The molecule has 1 saturated heterocycles. The van der Waals surface area contributed by atoms with E-state index in [9.17, 15) is 20.4 Å². The number of aliphatic hydroxyl groups is 1. The molecule has 13 nitrogen and oxygen atoms in total. The Balaban J connectivity index is 1.67. The van der Waals surface area contributed by atoms with E-state index in [2.05, 4.69) is 43.2 Å². The summed E-state index contributed by atoms with van der Waals surface area (Å²) in [5.41, 5.74) is 2.29. The van der Waals surface area contributed by atoms with E-state index < -0.39 is 17.7 Å². The smallest absolute Gasteiger partial charge is 0.409 e. The zero-order chi connectivity index (χ0) is 26.7. The number of benzene rings is 1. The lowest BCUT2D eigenvalue weighted by Gasteiger charge is -2.44. The van der Waals surface area contributed by atoms with Crippen LogP contribution in [0.1, 0.15) is 37.1 Å². The van der Waals surface area contributed by atoms with Crippen LogP contribution in [0.15, 0.2) is 18.3 Å². The zero-order valence-electron chi connectivity index (χ0n) is 21.0. The van der Waals surface area contributed by atoms with Crippen molar-refractivity contribution in [3.63, 3.8) is 0 Å². The second-order valence-electron chi connectivity index (χ2n) is 8.96. The third kappa shape index (κ3) is 4.90. The van der Waals surface area contributed by atoms with Crippen molar-refractivity contribution >= 4 is 34.9 Å². The molecule has 4 N–H and O–H groups in total. The van der Waals surface area contributed by atoms with E-state index in [1.807, 2.05) is 20.8 Å². The van der Waals surface area contributed by atoms with Gasteiger partial charge >= 0.3 is 6.09 Å². The minimum Gasteiger partial charge on any atom is -0.453 e. The average molecular weight is 505 g/mol. The molecular weight excluding hydrogens is 476 g/mol. The second-order valence-corrected chi connectivity index (χ2v) is 8.96. The molecule has 1 aromatic carbocycles. The van der Waals surface area contributed by atoms with Gasteiger partial charge in [-0.3, -0.25) is 0 Å². The quantitative estimate of drug-likeness (QED) is 0.387. The number of nitrogens with zero attached hydrogens (tertiary/aromatic N) is 7. The Labute approximate surface area is 213 Å². The summed E-state index contributed by atoms with van der Waals surface area (Å²) in [4.78, 5) is 22.1. The molecule has 37 heavy (non-hydrogen) atoms. The highest BCUT2D eigenvalue weighted by Crippen LogP contribution is 2.33. The maximum atomic E-state index is 11.9. The molecule has 1 aliphatic rings. The van der Waals surface area contributed by atoms with E-state index in [4.69, 9.17) is 4.74 Å². The third-order valence-corrected chi connectivity index (χ3v) is 6.49. The van der Waals surface area contributed by atoms with Gasteiger partial charge in [0.2, 0.25) is 5.95 Å². The van der Waals surface area contributed by atoms with Crippen LogP contribution in [0.4, 0.5) is 27.9 Å². The molecule has 2 aromatic heterocycles. The van der Waals surface area contributed by atoms with Crippen LogP contribution >= 0.6 is 0 Å². The van der Waals surface area contributed by atoms with Crippen molar-refractivity contribution in [1.29, 1.82) is 10.5 Å². The first-order valence-electron chi connectivity index (χ1n) is 11.7. The van der Waals surface area contributed by atoms with E-state index in [-0.39, 0.29) is 18.2 Å². The maximum absolute atomic E-state index is 11.9. The summed E-state index contributed by atoms with van der Waals surface area (Å²) in [6.07, 6.45) is 0.531. The summed E-state index contributed by atoms with van der Waals surface area (Å²) >= 11 is 0. The number of hydrogen-bond acceptors (Lipinski definition) is 11. The molecule has 4 rings (SSSR count). The Morgan fingerprint density at radius 2 is 2.08 bits per heavy atom. The van der Waals surface area contributed by atoms with Gasteiger partial charge in [0.25, 0.3) is 0 Å². The Bertz CT molecular complexity index is 1420.